The van der Waals surface area contributed by atoms with Crippen LogP contribution in [0.15, 0.2) is 11.6 Å². The van der Waals surface area contributed by atoms with Gasteiger partial charge in [0.1, 0.15) is 0 Å². The molecule has 1 nitrogen and oxygen atoms in total. The molecule has 0 amide bonds. The van der Waals surface area contributed by atoms with Gasteiger partial charge in [-0.15, -0.1) is 0 Å². The third-order valence-electron chi connectivity index (χ3n) is 4.51. The zero-order chi connectivity index (χ0) is 9.71. The Morgan fingerprint density at radius 2 is 2.14 bits per heavy atom. The lowest BCUT2D eigenvalue weighted by Gasteiger charge is -2.22. The van der Waals surface area contributed by atoms with E-state index >= 15 is 0 Å². The number of rotatable bonds is 2. The molecule has 2 saturated carbocycles. The molecule has 14 heavy (non-hydrogen) atoms. The van der Waals surface area contributed by atoms with Gasteiger partial charge in [0, 0.05) is 5.92 Å². The van der Waals surface area contributed by atoms with Crippen LogP contribution in [0.3, 0.4) is 0 Å². The monoisotopic (exact) mass is 190 g/mol. The third-order valence-corrected chi connectivity index (χ3v) is 4.51. The van der Waals surface area contributed by atoms with Crippen molar-refractivity contribution in [2.45, 2.75) is 39.0 Å². The van der Waals surface area contributed by atoms with Crippen molar-refractivity contribution in [3.8, 4) is 0 Å². The molecule has 0 spiro atoms. The molecular formula is C13H18O. The normalized spacial score (nSPS) is 44.4. The van der Waals surface area contributed by atoms with Gasteiger partial charge in [-0.2, -0.15) is 0 Å². The molecule has 2 fully saturated rings. The molecule has 0 aromatic heterocycles. The zero-order valence-electron chi connectivity index (χ0n) is 8.83. The molecule has 76 valence electrons. The van der Waals surface area contributed by atoms with Crippen LogP contribution in [-0.4, -0.2) is 5.78 Å². The average molecular weight is 190 g/mol. The number of carbonyl (C=O) groups is 1. The Kier molecular flexibility index (Phi) is 1.83. The summed E-state index contributed by atoms with van der Waals surface area (Å²) in [6.07, 6.45) is 8.52. The first-order valence-electron chi connectivity index (χ1n) is 6.06. The molecule has 0 saturated heterocycles. The van der Waals surface area contributed by atoms with Crippen molar-refractivity contribution in [1.29, 1.82) is 0 Å². The molecular weight excluding hydrogens is 172 g/mol. The highest BCUT2D eigenvalue weighted by atomic mass is 16.1. The number of Topliss-reactive ketones (excluding diaryl/α,β-unsaturated/α-hetero) is 1. The van der Waals surface area contributed by atoms with E-state index in [1.165, 1.54) is 24.8 Å². The van der Waals surface area contributed by atoms with Crippen molar-refractivity contribution in [3.63, 3.8) is 0 Å². The van der Waals surface area contributed by atoms with Crippen LogP contribution in [0.1, 0.15) is 39.0 Å². The molecule has 0 N–H and O–H groups in total. The first kappa shape index (κ1) is 8.70. The number of hydrogen-bond donors (Lipinski definition) is 0. The van der Waals surface area contributed by atoms with E-state index in [1.54, 1.807) is 0 Å². The van der Waals surface area contributed by atoms with Crippen LogP contribution >= 0.6 is 0 Å². The predicted octanol–water partition coefficient (Wildman–Crippen LogP) is 2.96. The Labute approximate surface area is 85.6 Å². The van der Waals surface area contributed by atoms with E-state index in [2.05, 4.69) is 13.0 Å². The Hall–Kier alpha value is -0.590. The first-order chi connectivity index (χ1) is 6.81. The molecule has 0 aromatic carbocycles. The predicted molar refractivity (Wildman–Crippen MR) is 55.8 cm³/mol. The summed E-state index contributed by atoms with van der Waals surface area (Å²) in [6.45, 7) is 2.16. The fourth-order valence-electron chi connectivity index (χ4n) is 3.97. The van der Waals surface area contributed by atoms with Gasteiger partial charge in [0.25, 0.3) is 0 Å². The van der Waals surface area contributed by atoms with Crippen molar-refractivity contribution < 1.29 is 4.79 Å². The molecule has 2 bridgehead atoms. The van der Waals surface area contributed by atoms with Crippen molar-refractivity contribution in [1.82, 2.24) is 0 Å². The zero-order valence-corrected chi connectivity index (χ0v) is 8.83. The molecule has 4 unspecified atom stereocenters. The van der Waals surface area contributed by atoms with Gasteiger partial charge in [-0.05, 0) is 49.0 Å². The highest BCUT2D eigenvalue weighted by Gasteiger charge is 2.52. The summed E-state index contributed by atoms with van der Waals surface area (Å²) < 4.78 is 0. The summed E-state index contributed by atoms with van der Waals surface area (Å²) in [5, 5.41) is 0. The highest BCUT2D eigenvalue weighted by molar-refractivity contribution is 6.00. The molecule has 4 atom stereocenters. The van der Waals surface area contributed by atoms with Crippen LogP contribution in [-0.2, 0) is 4.79 Å². The summed E-state index contributed by atoms with van der Waals surface area (Å²) in [6, 6.07) is 0. The molecule has 0 aromatic rings. The Balaban J connectivity index is 1.87. The van der Waals surface area contributed by atoms with E-state index in [-0.39, 0.29) is 0 Å². The fraction of sp³-hybridized carbons (Fsp3) is 0.769. The maximum Gasteiger partial charge on any atom is 0.162 e. The van der Waals surface area contributed by atoms with E-state index in [0.29, 0.717) is 17.6 Å². The lowest BCUT2D eigenvalue weighted by Crippen LogP contribution is -2.23. The van der Waals surface area contributed by atoms with Crippen LogP contribution in [0.4, 0.5) is 0 Å². The van der Waals surface area contributed by atoms with Crippen molar-refractivity contribution in [2.24, 2.45) is 23.7 Å². The largest absolute Gasteiger partial charge is 0.294 e. The minimum Gasteiger partial charge on any atom is -0.294 e. The van der Waals surface area contributed by atoms with Crippen LogP contribution in [0.2, 0.25) is 0 Å². The minimum absolute atomic E-state index is 0.426. The lowest BCUT2D eigenvalue weighted by atomic mass is 9.81. The first-order valence-corrected chi connectivity index (χ1v) is 6.06. The fourth-order valence-corrected chi connectivity index (χ4v) is 3.97. The second-order valence-corrected chi connectivity index (χ2v) is 5.24. The highest BCUT2D eigenvalue weighted by Crippen LogP contribution is 2.56. The van der Waals surface area contributed by atoms with Gasteiger partial charge in [0.2, 0.25) is 0 Å². The maximum absolute atomic E-state index is 12.1. The topological polar surface area (TPSA) is 17.1 Å². The summed E-state index contributed by atoms with van der Waals surface area (Å²) in [4.78, 5) is 12.1. The summed E-state index contributed by atoms with van der Waals surface area (Å²) in [5.74, 6) is 3.22. The van der Waals surface area contributed by atoms with E-state index in [1.807, 2.05) is 0 Å². The lowest BCUT2D eigenvalue weighted by molar-refractivity contribution is -0.120. The molecule has 3 rings (SSSR count). The number of hydrogen-bond acceptors (Lipinski definition) is 1. The second kappa shape index (κ2) is 2.95. The van der Waals surface area contributed by atoms with Crippen LogP contribution in [0, 0.1) is 23.7 Å². The van der Waals surface area contributed by atoms with E-state index < -0.39 is 0 Å². The van der Waals surface area contributed by atoms with Gasteiger partial charge in [0.05, 0.1) is 0 Å². The Morgan fingerprint density at radius 3 is 2.86 bits per heavy atom. The molecule has 0 aliphatic heterocycles. The molecule has 0 heterocycles. The van der Waals surface area contributed by atoms with Gasteiger partial charge >= 0.3 is 0 Å². The maximum atomic E-state index is 12.1. The molecule has 3 aliphatic carbocycles. The third kappa shape index (κ3) is 0.986. The van der Waals surface area contributed by atoms with E-state index in [9.17, 15) is 4.79 Å². The second-order valence-electron chi connectivity index (χ2n) is 5.24. The summed E-state index contributed by atoms with van der Waals surface area (Å²) in [5.41, 5.74) is 1.17. The van der Waals surface area contributed by atoms with Gasteiger partial charge < -0.3 is 0 Å². The molecule has 0 radical (unpaired) electrons. The van der Waals surface area contributed by atoms with Crippen molar-refractivity contribution in [3.05, 3.63) is 11.6 Å². The summed E-state index contributed by atoms with van der Waals surface area (Å²) >= 11 is 0. The van der Waals surface area contributed by atoms with Gasteiger partial charge in [-0.1, -0.05) is 19.4 Å². The standard InChI is InChI=1S/C13H18O/c1-2-3-10-7-11-8-4-5-9(6-8)12(11)13(10)14/h7-9,11-12H,2-6H2,1H3. The number of carbonyl (C=O) groups excluding carboxylic acids is 1. The SMILES string of the molecule is CCCC1=CC2C3CCC(C3)C2C1=O. The van der Waals surface area contributed by atoms with E-state index in [4.69, 9.17) is 0 Å². The van der Waals surface area contributed by atoms with Gasteiger partial charge in [-0.3, -0.25) is 4.79 Å². The Morgan fingerprint density at radius 1 is 1.36 bits per heavy atom. The van der Waals surface area contributed by atoms with Crippen LogP contribution in [0.5, 0.6) is 0 Å². The minimum atomic E-state index is 0.426. The smallest absolute Gasteiger partial charge is 0.162 e. The number of ketones is 1. The quantitative estimate of drug-likeness (QED) is 0.654. The van der Waals surface area contributed by atoms with Crippen molar-refractivity contribution in [2.75, 3.05) is 0 Å². The van der Waals surface area contributed by atoms with Gasteiger partial charge in [-0.25, -0.2) is 0 Å². The molecule has 3 aliphatic rings. The number of fused-ring (bicyclic) bond motifs is 5. The van der Waals surface area contributed by atoms with Crippen LogP contribution in [0.25, 0.3) is 0 Å². The molecule has 1 heteroatoms. The van der Waals surface area contributed by atoms with Gasteiger partial charge in [0.15, 0.2) is 5.78 Å². The summed E-state index contributed by atoms with van der Waals surface area (Å²) in [7, 11) is 0. The van der Waals surface area contributed by atoms with Crippen LogP contribution < -0.4 is 0 Å². The van der Waals surface area contributed by atoms with Crippen molar-refractivity contribution >= 4 is 5.78 Å². The number of allylic oxidation sites excluding steroid dienone is 2. The van der Waals surface area contributed by atoms with E-state index in [0.717, 1.165) is 24.7 Å². The average Bonchev–Trinajstić information content (AvgIpc) is 2.81. The Bertz CT molecular complexity index is 302.